The first-order valence-electron chi connectivity index (χ1n) is 12.6. The lowest BCUT2D eigenvalue weighted by Gasteiger charge is -2.33. The molecule has 2 aliphatic carbocycles. The third-order valence-corrected chi connectivity index (χ3v) is 9.13. The van der Waals surface area contributed by atoms with Gasteiger partial charge in [0, 0.05) is 12.0 Å². The van der Waals surface area contributed by atoms with Gasteiger partial charge in [-0.25, -0.2) is 0 Å². The summed E-state index contributed by atoms with van der Waals surface area (Å²) in [5, 5.41) is -1.52. The van der Waals surface area contributed by atoms with E-state index in [0.29, 0.717) is 36.3 Å². The minimum Gasteiger partial charge on any atom is -0.298 e. The minimum absolute atomic E-state index is 0.0472. The summed E-state index contributed by atoms with van der Waals surface area (Å²) in [6.45, 7) is 0. The van der Waals surface area contributed by atoms with Crippen LogP contribution >= 0.6 is 7.92 Å². The largest absolute Gasteiger partial charge is 0.416 e. The molecule has 1 radical (unpaired) electrons. The molecule has 0 fully saturated rings. The predicted molar refractivity (Wildman–Crippen MR) is 142 cm³/mol. The van der Waals surface area contributed by atoms with Crippen molar-refractivity contribution in [3.8, 4) is 0 Å². The van der Waals surface area contributed by atoms with Gasteiger partial charge in [0.2, 0.25) is 0 Å². The summed E-state index contributed by atoms with van der Waals surface area (Å²) in [6, 6.07) is 0.337. The number of allylic oxidation sites excluding steroid dienone is 4. The number of hydrogen-bond donors (Lipinski definition) is 0. The maximum atomic E-state index is 13.9. The van der Waals surface area contributed by atoms with Gasteiger partial charge < -0.3 is 0 Å². The van der Waals surface area contributed by atoms with Gasteiger partial charge in [0.05, 0.1) is 28.3 Å². The molecule has 0 heterocycles. The van der Waals surface area contributed by atoms with Crippen molar-refractivity contribution in [2.24, 2.45) is 0 Å². The van der Waals surface area contributed by atoms with Crippen LogP contribution in [-0.4, -0.2) is 25.0 Å². The van der Waals surface area contributed by atoms with E-state index >= 15 is 0 Å². The standard InChI is InChI=1S/C30H21F12NP/c1-43(2)26(17-7-4-3-5-8-17)24-9-6-10-25(24)44(22-13-18(27(31,32)33)11-19(14-22)28(34,35)36)23-15-20(29(37,38)39)12-21(16-23)30(40,41)42/h3-7,10-16,26H,8H2,1-2H3/t26-/m0/s1. The number of nitrogens with zero attached hydrogens (tertiary/aromatic N) is 1. The molecule has 0 bridgehead atoms. The molecule has 4 rings (SSSR count). The molecule has 0 unspecified atom stereocenters. The number of likely N-dealkylation sites (N-methyl/N-ethyl adjacent to an activating group) is 1. The smallest absolute Gasteiger partial charge is 0.298 e. The van der Waals surface area contributed by atoms with Crippen LogP contribution in [0.25, 0.3) is 0 Å². The Labute approximate surface area is 245 Å². The highest BCUT2D eigenvalue weighted by Crippen LogP contribution is 2.52. The molecule has 2 aromatic carbocycles. The summed E-state index contributed by atoms with van der Waals surface area (Å²) in [7, 11) is 0.365. The zero-order valence-corrected chi connectivity index (χ0v) is 23.5. The molecule has 2 aliphatic rings. The van der Waals surface area contributed by atoms with Crippen LogP contribution in [0.2, 0.25) is 0 Å². The fraction of sp³-hybridized carbons (Fsp3) is 0.267. The average Bonchev–Trinajstić information content (AvgIpc) is 3.35. The molecule has 235 valence electrons. The zero-order valence-electron chi connectivity index (χ0n) is 22.6. The third-order valence-electron chi connectivity index (χ3n) is 6.71. The van der Waals surface area contributed by atoms with E-state index in [9.17, 15) is 52.7 Å². The lowest BCUT2D eigenvalue weighted by molar-refractivity contribution is -0.144. The number of hydrogen-bond acceptors (Lipinski definition) is 1. The summed E-state index contributed by atoms with van der Waals surface area (Å²) in [5.41, 5.74) is -3.24. The zero-order chi connectivity index (χ0) is 32.8. The van der Waals surface area contributed by atoms with Crippen LogP contribution in [0.4, 0.5) is 52.7 Å². The first-order chi connectivity index (χ1) is 20.2. The van der Waals surface area contributed by atoms with Crippen molar-refractivity contribution in [1.82, 2.24) is 4.90 Å². The van der Waals surface area contributed by atoms with E-state index < -0.39 is 71.5 Å². The molecule has 2 aromatic rings. The van der Waals surface area contributed by atoms with E-state index in [1.165, 1.54) is 12.2 Å². The molecular weight excluding hydrogens is 633 g/mol. The van der Waals surface area contributed by atoms with Crippen molar-refractivity contribution in [3.63, 3.8) is 0 Å². The molecule has 0 aliphatic heterocycles. The van der Waals surface area contributed by atoms with Crippen molar-refractivity contribution < 1.29 is 52.7 Å². The van der Waals surface area contributed by atoms with Gasteiger partial charge in [-0.2, -0.15) is 52.7 Å². The first-order valence-corrected chi connectivity index (χ1v) is 13.9. The van der Waals surface area contributed by atoms with Gasteiger partial charge in [0.1, 0.15) is 0 Å². The summed E-state index contributed by atoms with van der Waals surface area (Å²) < 4.78 is 166. The molecule has 14 heteroatoms. The first kappa shape index (κ1) is 33.6. The third kappa shape index (κ3) is 7.33. The highest BCUT2D eigenvalue weighted by molar-refractivity contribution is 7.77. The number of benzene rings is 2. The average molecular weight is 654 g/mol. The molecule has 0 saturated heterocycles. The van der Waals surface area contributed by atoms with Crippen molar-refractivity contribution in [3.05, 3.63) is 118 Å². The second-order valence-electron chi connectivity index (χ2n) is 10.1. The van der Waals surface area contributed by atoms with E-state index in [1.54, 1.807) is 43.6 Å². The highest BCUT2D eigenvalue weighted by Gasteiger charge is 2.42. The van der Waals surface area contributed by atoms with Gasteiger partial charge in [-0.05, 0) is 98.5 Å². The quantitative estimate of drug-likeness (QED) is 0.171. The Morgan fingerprint density at radius 1 is 0.659 bits per heavy atom. The van der Waals surface area contributed by atoms with Crippen LogP contribution in [0.1, 0.15) is 28.7 Å². The highest BCUT2D eigenvalue weighted by atomic mass is 31.1. The summed E-state index contributed by atoms with van der Waals surface area (Å²) in [6.07, 6.45) is -11.4. The van der Waals surface area contributed by atoms with Gasteiger partial charge in [-0.3, -0.25) is 4.90 Å². The number of rotatable bonds is 6. The number of halogens is 12. The Morgan fingerprint density at radius 2 is 1.09 bits per heavy atom. The maximum absolute atomic E-state index is 13.9. The van der Waals surface area contributed by atoms with E-state index in [1.807, 2.05) is 0 Å². The molecule has 0 saturated carbocycles. The van der Waals surface area contributed by atoms with Crippen LogP contribution in [0.5, 0.6) is 0 Å². The van der Waals surface area contributed by atoms with Crippen molar-refractivity contribution >= 4 is 18.5 Å². The fourth-order valence-corrected chi connectivity index (χ4v) is 7.44. The van der Waals surface area contributed by atoms with E-state index in [2.05, 4.69) is 5.73 Å². The van der Waals surface area contributed by atoms with Crippen LogP contribution in [0.15, 0.2) is 89.0 Å². The predicted octanol–water partition coefficient (Wildman–Crippen LogP) is 9.19. The van der Waals surface area contributed by atoms with Crippen LogP contribution < -0.4 is 10.6 Å². The van der Waals surface area contributed by atoms with Gasteiger partial charge in [0.15, 0.2) is 0 Å². The Balaban J connectivity index is 2.06. The SMILES string of the molecule is CN(C)[C@H](C1=C=CC=C1P(c1cc(C(F)(F)F)cc(C(F)(F)F)c1)c1cc(C(F)(F)F)cc(C(F)(F)F)c1)C1=C[CH]C=CC1. The van der Waals surface area contributed by atoms with E-state index in [-0.39, 0.29) is 23.0 Å². The van der Waals surface area contributed by atoms with Gasteiger partial charge >= 0.3 is 24.7 Å². The normalized spacial score (nSPS) is 16.9. The summed E-state index contributed by atoms with van der Waals surface area (Å²) >= 11 is 0. The lowest BCUT2D eigenvalue weighted by atomic mass is 9.92. The molecule has 0 aromatic heterocycles. The van der Waals surface area contributed by atoms with Crippen molar-refractivity contribution in [2.45, 2.75) is 37.2 Å². The summed E-state index contributed by atoms with van der Waals surface area (Å²) in [4.78, 5) is 1.66. The van der Waals surface area contributed by atoms with E-state index in [4.69, 9.17) is 0 Å². The van der Waals surface area contributed by atoms with Crippen molar-refractivity contribution in [2.75, 3.05) is 14.1 Å². The maximum Gasteiger partial charge on any atom is 0.416 e. The van der Waals surface area contributed by atoms with Crippen LogP contribution in [-0.2, 0) is 24.7 Å². The fourth-order valence-electron chi connectivity index (χ4n) is 4.86. The molecule has 0 N–H and O–H groups in total. The topological polar surface area (TPSA) is 3.24 Å². The molecule has 0 amide bonds. The van der Waals surface area contributed by atoms with Gasteiger partial charge in [0.25, 0.3) is 0 Å². The lowest BCUT2D eigenvalue weighted by Crippen LogP contribution is -2.33. The number of alkyl halides is 12. The Hall–Kier alpha value is -3.27. The Bertz CT molecular complexity index is 1440. The second-order valence-corrected chi connectivity index (χ2v) is 12.3. The molecule has 0 spiro atoms. The summed E-state index contributed by atoms with van der Waals surface area (Å²) in [5.74, 6) is 0. The monoisotopic (exact) mass is 654 g/mol. The molecule has 1 atom stereocenters. The minimum atomic E-state index is -5.32. The van der Waals surface area contributed by atoms with Crippen LogP contribution in [0, 0.1) is 6.42 Å². The van der Waals surface area contributed by atoms with Crippen molar-refractivity contribution in [1.29, 1.82) is 0 Å². The Kier molecular flexibility index (Phi) is 9.10. The molecular formula is C30H21F12NP. The van der Waals surface area contributed by atoms with E-state index in [0.717, 1.165) is 0 Å². The van der Waals surface area contributed by atoms with Crippen LogP contribution in [0.3, 0.4) is 0 Å². The second kappa shape index (κ2) is 11.9. The van der Waals surface area contributed by atoms with Gasteiger partial charge in [-0.15, -0.1) is 5.73 Å². The van der Waals surface area contributed by atoms with Gasteiger partial charge in [-0.1, -0.05) is 18.2 Å². The molecule has 44 heavy (non-hydrogen) atoms. The Morgan fingerprint density at radius 3 is 1.43 bits per heavy atom. The molecule has 1 nitrogen and oxygen atoms in total.